The minimum atomic E-state index is 0.391. The lowest BCUT2D eigenvalue weighted by Gasteiger charge is -2.66. The SMILES string of the molecule is C=C(C)C1(C)CCC2C(CCC3(C)CC(C)CCC23C)C1CC. The Kier molecular flexibility index (Phi) is 4.30. The van der Waals surface area contributed by atoms with E-state index in [1.165, 1.54) is 56.9 Å². The second kappa shape index (κ2) is 5.63. The average Bonchev–Trinajstić information content (AvgIpc) is 2.48. The van der Waals surface area contributed by atoms with Gasteiger partial charge in [0.25, 0.3) is 0 Å². The summed E-state index contributed by atoms with van der Waals surface area (Å²) in [4.78, 5) is 0. The number of hydrogen-bond donors (Lipinski definition) is 0. The van der Waals surface area contributed by atoms with Crippen molar-refractivity contribution >= 4 is 0 Å². The van der Waals surface area contributed by atoms with Crippen LogP contribution in [0, 0.1) is 39.9 Å². The summed E-state index contributed by atoms with van der Waals surface area (Å²) < 4.78 is 0. The first kappa shape index (κ1) is 17.6. The van der Waals surface area contributed by atoms with E-state index in [0.717, 1.165) is 23.7 Å². The average molecular weight is 317 g/mol. The van der Waals surface area contributed by atoms with E-state index < -0.39 is 0 Å². The van der Waals surface area contributed by atoms with Gasteiger partial charge in [0, 0.05) is 0 Å². The minimum absolute atomic E-state index is 0.391. The molecule has 3 aliphatic carbocycles. The van der Waals surface area contributed by atoms with E-state index in [1.807, 2.05) is 0 Å². The van der Waals surface area contributed by atoms with Crippen LogP contribution in [0.25, 0.3) is 0 Å². The fourth-order valence-electron chi connectivity index (χ4n) is 7.54. The fraction of sp³-hybridized carbons (Fsp3) is 0.913. The van der Waals surface area contributed by atoms with Gasteiger partial charge >= 0.3 is 0 Å². The molecule has 0 heteroatoms. The van der Waals surface area contributed by atoms with Crippen LogP contribution in [0.3, 0.4) is 0 Å². The highest BCUT2D eigenvalue weighted by molar-refractivity contribution is 5.16. The molecular weight excluding hydrogens is 276 g/mol. The summed E-state index contributed by atoms with van der Waals surface area (Å²) in [6, 6.07) is 0. The van der Waals surface area contributed by atoms with Crippen LogP contribution in [0.2, 0.25) is 0 Å². The molecule has 0 spiro atoms. The first-order valence-corrected chi connectivity index (χ1v) is 10.3. The molecule has 0 nitrogen and oxygen atoms in total. The summed E-state index contributed by atoms with van der Waals surface area (Å²) in [5.41, 5.74) is 3.02. The molecule has 7 unspecified atom stereocenters. The van der Waals surface area contributed by atoms with Crippen molar-refractivity contribution in [3.63, 3.8) is 0 Å². The molecule has 0 radical (unpaired) electrons. The monoisotopic (exact) mass is 316 g/mol. The van der Waals surface area contributed by atoms with Gasteiger partial charge in [-0.3, -0.25) is 0 Å². The Hall–Kier alpha value is -0.260. The molecule has 0 heterocycles. The highest BCUT2D eigenvalue weighted by atomic mass is 14.6. The Morgan fingerprint density at radius 3 is 2.35 bits per heavy atom. The second-order valence-corrected chi connectivity index (χ2v) is 10.4. The molecule has 0 bridgehead atoms. The molecule has 0 aliphatic heterocycles. The first-order valence-electron chi connectivity index (χ1n) is 10.3. The zero-order valence-electron chi connectivity index (χ0n) is 16.7. The first-order chi connectivity index (χ1) is 10.7. The number of allylic oxidation sites excluding steroid dienone is 1. The van der Waals surface area contributed by atoms with Crippen LogP contribution in [0.1, 0.15) is 92.9 Å². The molecule has 3 fully saturated rings. The molecule has 0 saturated heterocycles. The largest absolute Gasteiger partial charge is 0.0996 e. The Balaban J connectivity index is 1.95. The highest BCUT2D eigenvalue weighted by Crippen LogP contribution is 2.69. The number of fused-ring (bicyclic) bond motifs is 3. The van der Waals surface area contributed by atoms with E-state index in [1.54, 1.807) is 0 Å². The van der Waals surface area contributed by atoms with E-state index in [9.17, 15) is 0 Å². The molecule has 3 rings (SSSR count). The quantitative estimate of drug-likeness (QED) is 0.471. The van der Waals surface area contributed by atoms with Crippen LogP contribution in [-0.2, 0) is 0 Å². The van der Waals surface area contributed by atoms with Gasteiger partial charge < -0.3 is 0 Å². The zero-order valence-corrected chi connectivity index (χ0v) is 16.7. The van der Waals surface area contributed by atoms with Gasteiger partial charge in [-0.15, -0.1) is 0 Å². The van der Waals surface area contributed by atoms with Gasteiger partial charge in [-0.25, -0.2) is 0 Å². The maximum absolute atomic E-state index is 4.41. The number of hydrogen-bond acceptors (Lipinski definition) is 0. The van der Waals surface area contributed by atoms with Crippen molar-refractivity contribution in [3.8, 4) is 0 Å². The van der Waals surface area contributed by atoms with Crippen molar-refractivity contribution < 1.29 is 0 Å². The molecule has 132 valence electrons. The van der Waals surface area contributed by atoms with Gasteiger partial charge in [0.2, 0.25) is 0 Å². The third-order valence-corrected chi connectivity index (χ3v) is 9.42. The lowest BCUT2D eigenvalue weighted by molar-refractivity contribution is -0.156. The summed E-state index contributed by atoms with van der Waals surface area (Å²) in [6.07, 6.45) is 11.5. The normalized spacial score (nSPS) is 53.3. The molecule has 0 aromatic rings. The molecule has 0 amide bonds. The van der Waals surface area contributed by atoms with E-state index >= 15 is 0 Å². The van der Waals surface area contributed by atoms with Crippen LogP contribution in [-0.4, -0.2) is 0 Å². The Bertz CT molecular complexity index is 476. The van der Waals surface area contributed by atoms with Crippen LogP contribution < -0.4 is 0 Å². The predicted molar refractivity (Wildman–Crippen MR) is 101 cm³/mol. The summed E-state index contributed by atoms with van der Waals surface area (Å²) in [5, 5.41) is 0. The lowest BCUT2D eigenvalue weighted by Crippen LogP contribution is -2.57. The van der Waals surface area contributed by atoms with E-state index in [4.69, 9.17) is 0 Å². The zero-order chi connectivity index (χ0) is 17.0. The summed E-state index contributed by atoms with van der Waals surface area (Å²) in [7, 11) is 0. The lowest BCUT2D eigenvalue weighted by atomic mass is 9.39. The van der Waals surface area contributed by atoms with Gasteiger partial charge in [0.15, 0.2) is 0 Å². The Labute approximate surface area is 145 Å². The van der Waals surface area contributed by atoms with Crippen LogP contribution in [0.4, 0.5) is 0 Å². The number of rotatable bonds is 2. The van der Waals surface area contributed by atoms with E-state index in [-0.39, 0.29) is 0 Å². The Morgan fingerprint density at radius 1 is 1.04 bits per heavy atom. The summed E-state index contributed by atoms with van der Waals surface area (Å²) in [6.45, 7) is 19.5. The third kappa shape index (κ3) is 2.37. The van der Waals surface area contributed by atoms with Gasteiger partial charge in [-0.1, -0.05) is 59.6 Å². The highest BCUT2D eigenvalue weighted by Gasteiger charge is 2.60. The van der Waals surface area contributed by atoms with Crippen molar-refractivity contribution in [2.45, 2.75) is 92.9 Å². The molecule has 7 atom stereocenters. The smallest absolute Gasteiger partial charge is 0.00908 e. The van der Waals surface area contributed by atoms with Crippen molar-refractivity contribution in [2.75, 3.05) is 0 Å². The molecule has 3 aliphatic rings. The molecule has 0 N–H and O–H groups in total. The topological polar surface area (TPSA) is 0 Å². The fourth-order valence-corrected chi connectivity index (χ4v) is 7.54. The summed E-state index contributed by atoms with van der Waals surface area (Å²) in [5.74, 6) is 3.71. The minimum Gasteiger partial charge on any atom is -0.0996 e. The van der Waals surface area contributed by atoms with Crippen molar-refractivity contribution in [1.82, 2.24) is 0 Å². The molecular formula is C23H40. The van der Waals surface area contributed by atoms with Gasteiger partial charge in [0.1, 0.15) is 0 Å². The maximum Gasteiger partial charge on any atom is -0.00908 e. The molecule has 0 aromatic heterocycles. The van der Waals surface area contributed by atoms with E-state index in [2.05, 4.69) is 48.1 Å². The molecule has 3 saturated carbocycles. The predicted octanol–water partition coefficient (Wildman–Crippen LogP) is 7.25. The van der Waals surface area contributed by atoms with Gasteiger partial charge in [0.05, 0.1) is 0 Å². The maximum atomic E-state index is 4.41. The van der Waals surface area contributed by atoms with E-state index in [0.29, 0.717) is 16.2 Å². The van der Waals surface area contributed by atoms with Crippen LogP contribution in [0.5, 0.6) is 0 Å². The summed E-state index contributed by atoms with van der Waals surface area (Å²) >= 11 is 0. The molecule has 0 aromatic carbocycles. The van der Waals surface area contributed by atoms with Crippen molar-refractivity contribution in [1.29, 1.82) is 0 Å². The van der Waals surface area contributed by atoms with Gasteiger partial charge in [-0.05, 0) is 85.4 Å². The second-order valence-electron chi connectivity index (χ2n) is 10.4. The molecule has 23 heavy (non-hydrogen) atoms. The Morgan fingerprint density at radius 2 is 1.74 bits per heavy atom. The van der Waals surface area contributed by atoms with Crippen molar-refractivity contribution in [3.05, 3.63) is 12.2 Å². The standard InChI is InChI=1S/C23H40/c1-8-19-18-10-12-21(5)15-17(4)9-14-23(21,7)20(18)11-13-22(19,6)16(2)3/h17-20H,2,8-15H2,1,3-7H3. The van der Waals surface area contributed by atoms with Gasteiger partial charge in [-0.2, -0.15) is 0 Å². The van der Waals surface area contributed by atoms with Crippen LogP contribution >= 0.6 is 0 Å². The van der Waals surface area contributed by atoms with Crippen LogP contribution in [0.15, 0.2) is 12.2 Å². The third-order valence-electron chi connectivity index (χ3n) is 9.42. The van der Waals surface area contributed by atoms with Crippen molar-refractivity contribution in [2.24, 2.45) is 39.9 Å².